The van der Waals surface area contributed by atoms with E-state index in [0.29, 0.717) is 12.1 Å². The van der Waals surface area contributed by atoms with E-state index < -0.39 is 0 Å². The van der Waals surface area contributed by atoms with Crippen molar-refractivity contribution in [1.82, 2.24) is 10.6 Å². The minimum atomic E-state index is 0. The van der Waals surface area contributed by atoms with E-state index in [9.17, 15) is 0 Å². The smallest absolute Gasteiger partial charge is 0.109 e. The summed E-state index contributed by atoms with van der Waals surface area (Å²) in [5.41, 5.74) is 0. The Hall–Kier alpha value is 0.130. The second-order valence-corrected chi connectivity index (χ2v) is 4.01. The lowest BCUT2D eigenvalue weighted by molar-refractivity contribution is 0.00817. The lowest BCUT2D eigenvalue weighted by Crippen LogP contribution is -2.49. The molecule has 4 nitrogen and oxygen atoms in total. The molecule has 2 saturated heterocycles. The van der Waals surface area contributed by atoms with Gasteiger partial charge >= 0.3 is 0 Å². The molecule has 0 aromatic carbocycles. The predicted octanol–water partition coefficient (Wildman–Crippen LogP) is 0.171. The molecular weight excluding hydrogens is 202 g/mol. The van der Waals surface area contributed by atoms with Gasteiger partial charge in [-0.2, -0.15) is 0 Å². The molecule has 4 N–H and O–H groups in total. The van der Waals surface area contributed by atoms with Crippen LogP contribution in [0.1, 0.15) is 25.7 Å². The molecule has 2 rings (SSSR count). The molecule has 0 radical (unpaired) electrons. The minimum absolute atomic E-state index is 0. The molecule has 0 bridgehead atoms. The topological polar surface area (TPSA) is 59.3 Å². The summed E-state index contributed by atoms with van der Waals surface area (Å²) in [5, 5.41) is 6.88. The fourth-order valence-corrected chi connectivity index (χ4v) is 2.45. The fourth-order valence-electron chi connectivity index (χ4n) is 2.45. The molecule has 2 aliphatic heterocycles. The van der Waals surface area contributed by atoms with Gasteiger partial charge in [-0.05, 0) is 38.8 Å². The van der Waals surface area contributed by atoms with Gasteiger partial charge in [-0.1, -0.05) is 0 Å². The highest BCUT2D eigenvalue weighted by molar-refractivity contribution is 5.85. The third-order valence-corrected chi connectivity index (χ3v) is 3.15. The van der Waals surface area contributed by atoms with Crippen LogP contribution in [-0.2, 0) is 4.84 Å². The molecule has 0 spiro atoms. The lowest BCUT2D eigenvalue weighted by atomic mass is 10.0. The highest BCUT2D eigenvalue weighted by atomic mass is 35.5. The number of hydrogen-bond donors (Lipinski definition) is 3. The van der Waals surface area contributed by atoms with Gasteiger partial charge in [0.2, 0.25) is 0 Å². The van der Waals surface area contributed by atoms with Crippen molar-refractivity contribution in [3.05, 3.63) is 0 Å². The minimum Gasteiger partial charge on any atom is -0.311 e. The van der Waals surface area contributed by atoms with Crippen LogP contribution in [0.5, 0.6) is 0 Å². The Morgan fingerprint density at radius 3 is 1.86 bits per heavy atom. The van der Waals surface area contributed by atoms with Crippen molar-refractivity contribution in [3.8, 4) is 0 Å². The van der Waals surface area contributed by atoms with Crippen molar-refractivity contribution in [2.75, 3.05) is 13.1 Å². The number of rotatable bonds is 3. The van der Waals surface area contributed by atoms with Crippen molar-refractivity contribution >= 4 is 12.4 Å². The number of nitrogens with two attached hydrogens (primary N) is 1. The van der Waals surface area contributed by atoms with E-state index in [0.717, 1.165) is 13.1 Å². The van der Waals surface area contributed by atoms with Crippen LogP contribution in [0.25, 0.3) is 0 Å². The molecule has 0 amide bonds. The highest BCUT2D eigenvalue weighted by Gasteiger charge is 2.33. The summed E-state index contributed by atoms with van der Waals surface area (Å²) in [6.45, 7) is 2.22. The SMILES string of the molecule is Cl.NOC([C@H]1CCCN1)[C@H]1CCCN1. The van der Waals surface area contributed by atoms with Crippen LogP contribution < -0.4 is 16.5 Å². The first-order valence-electron chi connectivity index (χ1n) is 5.24. The second-order valence-electron chi connectivity index (χ2n) is 4.01. The first-order valence-corrected chi connectivity index (χ1v) is 5.24. The van der Waals surface area contributed by atoms with Crippen LogP contribution >= 0.6 is 12.4 Å². The standard InChI is InChI=1S/C9H19N3O.ClH/c10-13-9(7-3-1-5-11-7)8-4-2-6-12-8;/h7-9,11-12H,1-6,10H2;1H/t7-,8-;/m1./s1. The molecule has 2 aliphatic rings. The summed E-state index contributed by atoms with van der Waals surface area (Å²) in [6, 6.07) is 0.918. The lowest BCUT2D eigenvalue weighted by Gasteiger charge is -2.27. The van der Waals surface area contributed by atoms with E-state index in [1.165, 1.54) is 25.7 Å². The summed E-state index contributed by atoms with van der Waals surface area (Å²) in [5.74, 6) is 5.35. The van der Waals surface area contributed by atoms with Gasteiger partial charge in [-0.15, -0.1) is 12.4 Å². The molecule has 0 unspecified atom stereocenters. The maximum Gasteiger partial charge on any atom is 0.109 e. The van der Waals surface area contributed by atoms with Gasteiger partial charge in [0.05, 0.1) is 0 Å². The fraction of sp³-hybridized carbons (Fsp3) is 1.00. The monoisotopic (exact) mass is 221 g/mol. The van der Waals surface area contributed by atoms with Crippen LogP contribution in [-0.4, -0.2) is 31.3 Å². The third-order valence-electron chi connectivity index (χ3n) is 3.15. The molecular formula is C9H20ClN3O. The molecule has 2 heterocycles. The third kappa shape index (κ3) is 2.58. The average molecular weight is 222 g/mol. The quantitative estimate of drug-likeness (QED) is 0.595. The van der Waals surface area contributed by atoms with Crippen molar-refractivity contribution in [2.24, 2.45) is 5.90 Å². The van der Waals surface area contributed by atoms with Gasteiger partial charge in [0.25, 0.3) is 0 Å². The molecule has 0 aromatic rings. The Morgan fingerprint density at radius 2 is 1.57 bits per heavy atom. The largest absolute Gasteiger partial charge is 0.311 e. The van der Waals surface area contributed by atoms with Gasteiger partial charge in [-0.25, -0.2) is 5.90 Å². The Kier molecular flexibility index (Phi) is 5.12. The summed E-state index contributed by atoms with van der Waals surface area (Å²) in [6.07, 6.45) is 5.04. The van der Waals surface area contributed by atoms with Gasteiger partial charge in [0.1, 0.15) is 6.10 Å². The maximum absolute atomic E-state index is 5.35. The number of halogens is 1. The van der Waals surface area contributed by atoms with E-state index in [-0.39, 0.29) is 18.5 Å². The van der Waals surface area contributed by atoms with Crippen LogP contribution in [0.2, 0.25) is 0 Å². The summed E-state index contributed by atoms with van der Waals surface area (Å²) < 4.78 is 0. The van der Waals surface area contributed by atoms with E-state index in [4.69, 9.17) is 10.7 Å². The average Bonchev–Trinajstić information content (AvgIpc) is 2.76. The molecule has 0 saturated carbocycles. The summed E-state index contributed by atoms with van der Waals surface area (Å²) in [7, 11) is 0. The van der Waals surface area contributed by atoms with Crippen LogP contribution in [0, 0.1) is 0 Å². The van der Waals surface area contributed by atoms with E-state index in [1.807, 2.05) is 0 Å². The maximum atomic E-state index is 5.35. The Bertz CT molecular complexity index is 142. The number of nitrogens with one attached hydrogen (secondary N) is 2. The van der Waals surface area contributed by atoms with Crippen LogP contribution in [0.4, 0.5) is 0 Å². The van der Waals surface area contributed by atoms with Crippen molar-refractivity contribution < 1.29 is 4.84 Å². The van der Waals surface area contributed by atoms with Gasteiger partial charge in [0, 0.05) is 12.1 Å². The van der Waals surface area contributed by atoms with Crippen LogP contribution in [0.15, 0.2) is 0 Å². The highest BCUT2D eigenvalue weighted by Crippen LogP contribution is 2.19. The van der Waals surface area contributed by atoms with Gasteiger partial charge in [-0.3, -0.25) is 4.84 Å². The zero-order valence-electron chi connectivity index (χ0n) is 8.37. The molecule has 5 heteroatoms. The van der Waals surface area contributed by atoms with E-state index in [1.54, 1.807) is 0 Å². The second kappa shape index (κ2) is 5.88. The first kappa shape index (κ1) is 12.2. The molecule has 2 atom stereocenters. The van der Waals surface area contributed by atoms with Crippen molar-refractivity contribution in [3.63, 3.8) is 0 Å². The van der Waals surface area contributed by atoms with Gasteiger partial charge < -0.3 is 10.6 Å². The van der Waals surface area contributed by atoms with E-state index in [2.05, 4.69) is 10.6 Å². The molecule has 2 fully saturated rings. The van der Waals surface area contributed by atoms with Gasteiger partial charge in [0.15, 0.2) is 0 Å². The zero-order chi connectivity index (χ0) is 9.10. The number of hydrogen-bond acceptors (Lipinski definition) is 4. The predicted molar refractivity (Wildman–Crippen MR) is 58.4 cm³/mol. The van der Waals surface area contributed by atoms with Crippen molar-refractivity contribution in [2.45, 2.75) is 43.9 Å². The Morgan fingerprint density at radius 1 is 1.07 bits per heavy atom. The summed E-state index contributed by atoms with van der Waals surface area (Å²) in [4.78, 5) is 5.09. The molecule has 14 heavy (non-hydrogen) atoms. The Balaban J connectivity index is 0.000000980. The van der Waals surface area contributed by atoms with E-state index >= 15 is 0 Å². The molecule has 0 aromatic heterocycles. The molecule has 0 aliphatic carbocycles. The molecule has 84 valence electrons. The zero-order valence-corrected chi connectivity index (χ0v) is 9.19. The van der Waals surface area contributed by atoms with Crippen LogP contribution in [0.3, 0.4) is 0 Å². The van der Waals surface area contributed by atoms with Crippen molar-refractivity contribution in [1.29, 1.82) is 0 Å². The normalized spacial score (nSPS) is 32.1. The summed E-state index contributed by atoms with van der Waals surface area (Å²) >= 11 is 0. The first-order chi connectivity index (χ1) is 6.42. The Labute approximate surface area is 91.3 Å².